The van der Waals surface area contributed by atoms with Crippen LogP contribution in [0.15, 0.2) is 54.6 Å². The fourth-order valence-electron chi connectivity index (χ4n) is 3.33. The molecule has 27 heavy (non-hydrogen) atoms. The molecule has 1 aliphatic carbocycles. The summed E-state index contributed by atoms with van der Waals surface area (Å²) in [5.74, 6) is -0.890. The van der Waals surface area contributed by atoms with Crippen molar-refractivity contribution in [2.45, 2.75) is 31.6 Å². The van der Waals surface area contributed by atoms with Gasteiger partial charge in [0.25, 0.3) is 0 Å². The van der Waals surface area contributed by atoms with Crippen molar-refractivity contribution in [3.05, 3.63) is 65.7 Å². The van der Waals surface area contributed by atoms with Crippen LogP contribution in [-0.4, -0.2) is 30.1 Å². The second-order valence-corrected chi connectivity index (χ2v) is 6.97. The monoisotopic (exact) mass is 367 g/mol. The van der Waals surface area contributed by atoms with E-state index in [4.69, 9.17) is 4.74 Å². The van der Waals surface area contributed by atoms with Gasteiger partial charge in [0.05, 0.1) is 17.9 Å². The third-order valence-corrected chi connectivity index (χ3v) is 5.09. The van der Waals surface area contributed by atoms with Crippen LogP contribution in [0.3, 0.4) is 0 Å². The summed E-state index contributed by atoms with van der Waals surface area (Å²) in [5, 5.41) is 12.4. The maximum atomic E-state index is 12.7. The van der Waals surface area contributed by atoms with Crippen LogP contribution in [0.25, 0.3) is 0 Å². The molecule has 142 valence electrons. The van der Waals surface area contributed by atoms with Gasteiger partial charge in [-0.1, -0.05) is 42.5 Å². The highest BCUT2D eigenvalue weighted by atomic mass is 16.5. The number of carboxylic acid groups (broad SMARTS) is 1. The molecular formula is C22H25NO4. The van der Waals surface area contributed by atoms with Crippen molar-refractivity contribution >= 4 is 11.9 Å². The van der Waals surface area contributed by atoms with Crippen LogP contribution in [0.4, 0.5) is 0 Å². The van der Waals surface area contributed by atoms with E-state index in [0.717, 1.165) is 29.7 Å². The number of carbonyl (C=O) groups excluding carboxylic acids is 1. The largest absolute Gasteiger partial charge is 0.494 e. The normalized spacial score (nSPS) is 15.6. The lowest BCUT2D eigenvalue weighted by Crippen LogP contribution is -2.40. The Labute approximate surface area is 159 Å². The van der Waals surface area contributed by atoms with Gasteiger partial charge >= 0.3 is 5.97 Å². The van der Waals surface area contributed by atoms with Gasteiger partial charge < -0.3 is 15.2 Å². The minimum absolute atomic E-state index is 0.0772. The Bertz CT molecular complexity index is 782. The summed E-state index contributed by atoms with van der Waals surface area (Å²) in [7, 11) is 0. The van der Waals surface area contributed by atoms with Crippen LogP contribution < -0.4 is 10.1 Å². The molecule has 1 atom stereocenters. The Morgan fingerprint density at radius 3 is 2.33 bits per heavy atom. The van der Waals surface area contributed by atoms with E-state index < -0.39 is 17.3 Å². The summed E-state index contributed by atoms with van der Waals surface area (Å²) in [6.45, 7) is 2.63. The number of benzene rings is 2. The number of carbonyl (C=O) groups is 2. The summed E-state index contributed by atoms with van der Waals surface area (Å²) in [6, 6.07) is 17.1. The number of carboxylic acids is 1. The molecule has 2 aromatic carbocycles. The SMILES string of the molecule is CCOc1ccc(CC(CNC(=O)C2(c3ccccc3)CC2)C(=O)O)cc1. The molecule has 0 radical (unpaired) electrons. The van der Waals surface area contributed by atoms with Crippen molar-refractivity contribution in [3.63, 3.8) is 0 Å². The molecule has 1 aliphatic rings. The second-order valence-electron chi connectivity index (χ2n) is 6.97. The van der Waals surface area contributed by atoms with Gasteiger partial charge in [0.15, 0.2) is 0 Å². The van der Waals surface area contributed by atoms with Crippen molar-refractivity contribution in [1.29, 1.82) is 0 Å². The minimum Gasteiger partial charge on any atom is -0.494 e. The first-order valence-electron chi connectivity index (χ1n) is 9.33. The van der Waals surface area contributed by atoms with E-state index in [0.29, 0.717) is 13.0 Å². The van der Waals surface area contributed by atoms with Crippen LogP contribution in [0.5, 0.6) is 5.75 Å². The van der Waals surface area contributed by atoms with E-state index in [-0.39, 0.29) is 12.5 Å². The lowest BCUT2D eigenvalue weighted by atomic mass is 9.94. The molecule has 0 heterocycles. The molecule has 0 aromatic heterocycles. The zero-order valence-electron chi connectivity index (χ0n) is 15.5. The van der Waals surface area contributed by atoms with Crippen LogP contribution in [0.2, 0.25) is 0 Å². The van der Waals surface area contributed by atoms with E-state index >= 15 is 0 Å². The van der Waals surface area contributed by atoms with Crippen molar-refractivity contribution in [3.8, 4) is 5.75 Å². The van der Waals surface area contributed by atoms with Gasteiger partial charge in [-0.25, -0.2) is 0 Å². The van der Waals surface area contributed by atoms with Crippen molar-refractivity contribution in [1.82, 2.24) is 5.32 Å². The van der Waals surface area contributed by atoms with E-state index in [2.05, 4.69) is 5.32 Å². The first kappa shape index (κ1) is 19.0. The Morgan fingerprint density at radius 1 is 1.11 bits per heavy atom. The van der Waals surface area contributed by atoms with Gasteiger partial charge in [-0.2, -0.15) is 0 Å². The maximum Gasteiger partial charge on any atom is 0.308 e. The fraction of sp³-hybridized carbons (Fsp3) is 0.364. The average molecular weight is 367 g/mol. The first-order chi connectivity index (χ1) is 13.0. The zero-order valence-corrected chi connectivity index (χ0v) is 15.5. The molecule has 1 saturated carbocycles. The second kappa shape index (κ2) is 8.25. The smallest absolute Gasteiger partial charge is 0.308 e. The van der Waals surface area contributed by atoms with E-state index in [9.17, 15) is 14.7 Å². The van der Waals surface area contributed by atoms with E-state index in [1.54, 1.807) is 0 Å². The lowest BCUT2D eigenvalue weighted by Gasteiger charge is -2.18. The van der Waals surface area contributed by atoms with Crippen LogP contribution in [0, 0.1) is 5.92 Å². The number of ether oxygens (including phenoxy) is 1. The summed E-state index contributed by atoms with van der Waals surface area (Å²) in [5.41, 5.74) is 1.42. The molecule has 0 bridgehead atoms. The highest BCUT2D eigenvalue weighted by Crippen LogP contribution is 2.48. The molecule has 5 nitrogen and oxygen atoms in total. The third-order valence-electron chi connectivity index (χ3n) is 5.09. The molecule has 1 fully saturated rings. The summed E-state index contributed by atoms with van der Waals surface area (Å²) >= 11 is 0. The standard InChI is InChI=1S/C22H25NO4/c1-2-27-19-10-8-16(9-11-19)14-17(20(24)25)15-23-21(26)22(12-13-22)18-6-4-3-5-7-18/h3-11,17H,2,12-15H2,1H3,(H,23,26)(H,24,25). The Hall–Kier alpha value is -2.82. The topological polar surface area (TPSA) is 75.6 Å². The van der Waals surface area contributed by atoms with Crippen LogP contribution >= 0.6 is 0 Å². The zero-order chi connectivity index (χ0) is 19.3. The number of aliphatic carboxylic acids is 1. The lowest BCUT2D eigenvalue weighted by molar-refractivity contribution is -0.141. The van der Waals surface area contributed by atoms with Crippen molar-refractivity contribution < 1.29 is 19.4 Å². The third kappa shape index (κ3) is 4.48. The Kier molecular flexibility index (Phi) is 5.79. The van der Waals surface area contributed by atoms with Gasteiger partial charge in [0.2, 0.25) is 5.91 Å². The number of rotatable bonds is 9. The Balaban J connectivity index is 1.60. The van der Waals surface area contributed by atoms with Gasteiger partial charge in [-0.3, -0.25) is 9.59 Å². The van der Waals surface area contributed by atoms with Crippen molar-refractivity contribution in [2.75, 3.05) is 13.2 Å². The van der Waals surface area contributed by atoms with E-state index in [1.165, 1.54) is 0 Å². The quantitative estimate of drug-likeness (QED) is 0.714. The van der Waals surface area contributed by atoms with Gasteiger partial charge in [-0.05, 0) is 49.4 Å². The molecular weight excluding hydrogens is 342 g/mol. The summed E-state index contributed by atoms with van der Waals surface area (Å²) in [4.78, 5) is 24.3. The molecule has 2 aromatic rings. The summed E-state index contributed by atoms with van der Waals surface area (Å²) < 4.78 is 5.41. The molecule has 2 N–H and O–H groups in total. The molecule has 0 aliphatic heterocycles. The van der Waals surface area contributed by atoms with Crippen molar-refractivity contribution in [2.24, 2.45) is 5.92 Å². The summed E-state index contributed by atoms with van der Waals surface area (Å²) in [6.07, 6.45) is 1.97. The number of hydrogen-bond acceptors (Lipinski definition) is 3. The molecule has 0 spiro atoms. The van der Waals surface area contributed by atoms with Gasteiger partial charge in [0.1, 0.15) is 5.75 Å². The first-order valence-corrected chi connectivity index (χ1v) is 9.33. The van der Waals surface area contributed by atoms with Crippen LogP contribution in [0.1, 0.15) is 30.9 Å². The molecule has 5 heteroatoms. The number of hydrogen-bond donors (Lipinski definition) is 2. The Morgan fingerprint density at radius 2 is 1.78 bits per heavy atom. The predicted octanol–water partition coefficient (Wildman–Crippen LogP) is 3.18. The molecule has 1 amide bonds. The number of amides is 1. The molecule has 0 saturated heterocycles. The molecule has 3 rings (SSSR count). The average Bonchev–Trinajstić information content (AvgIpc) is 3.49. The maximum absolute atomic E-state index is 12.7. The van der Waals surface area contributed by atoms with Gasteiger partial charge in [-0.15, -0.1) is 0 Å². The highest BCUT2D eigenvalue weighted by Gasteiger charge is 2.51. The predicted molar refractivity (Wildman–Crippen MR) is 103 cm³/mol. The minimum atomic E-state index is -0.909. The molecule has 1 unspecified atom stereocenters. The van der Waals surface area contributed by atoms with E-state index in [1.807, 2.05) is 61.5 Å². The highest BCUT2D eigenvalue weighted by molar-refractivity contribution is 5.91. The van der Waals surface area contributed by atoms with Gasteiger partial charge in [0, 0.05) is 6.54 Å². The van der Waals surface area contributed by atoms with Crippen LogP contribution in [-0.2, 0) is 21.4 Å². The fourth-order valence-corrected chi connectivity index (χ4v) is 3.33. The number of nitrogens with one attached hydrogen (secondary N) is 1.